The third-order valence-electron chi connectivity index (χ3n) is 3.09. The summed E-state index contributed by atoms with van der Waals surface area (Å²) < 4.78 is 26.2. The summed E-state index contributed by atoms with van der Waals surface area (Å²) in [5.41, 5.74) is 2.66. The normalized spacial score (nSPS) is 11.3. The molecule has 0 unspecified atom stereocenters. The third kappa shape index (κ3) is 3.37. The fourth-order valence-electron chi connectivity index (χ4n) is 1.91. The molecule has 106 valence electrons. The lowest BCUT2D eigenvalue weighted by Gasteiger charge is -2.11. The average molecular weight is 290 g/mol. The highest BCUT2D eigenvalue weighted by Crippen LogP contribution is 2.20. The minimum absolute atomic E-state index is 0.304. The summed E-state index contributed by atoms with van der Waals surface area (Å²) in [5, 5.41) is 3.23. The smallest absolute Gasteiger partial charge is 0.240 e. The van der Waals surface area contributed by atoms with Crippen LogP contribution in [0.25, 0.3) is 0 Å². The van der Waals surface area contributed by atoms with Gasteiger partial charge in [-0.3, -0.25) is 0 Å². The van der Waals surface area contributed by atoms with Gasteiger partial charge in [0.1, 0.15) is 0 Å². The molecule has 0 atom stereocenters. The van der Waals surface area contributed by atoms with Gasteiger partial charge in [-0.1, -0.05) is 36.4 Å². The lowest BCUT2D eigenvalue weighted by molar-refractivity contribution is 0.587. The van der Waals surface area contributed by atoms with Gasteiger partial charge in [-0.15, -0.1) is 0 Å². The fourth-order valence-corrected chi connectivity index (χ4v) is 2.90. The van der Waals surface area contributed by atoms with Crippen LogP contribution in [0.1, 0.15) is 11.1 Å². The Kier molecular flexibility index (Phi) is 4.42. The van der Waals surface area contributed by atoms with Crippen LogP contribution in [-0.2, 0) is 16.6 Å². The van der Waals surface area contributed by atoms with Gasteiger partial charge < -0.3 is 5.32 Å². The number of anilines is 1. The van der Waals surface area contributed by atoms with E-state index in [1.807, 2.05) is 36.4 Å². The van der Waals surface area contributed by atoms with Gasteiger partial charge >= 0.3 is 0 Å². The SMILES string of the molecule is CNS(=O)(=O)c1cc(NCc2ccccc2)ccc1C. The molecule has 0 bridgehead atoms. The molecule has 0 saturated carbocycles. The van der Waals surface area contributed by atoms with E-state index in [0.717, 1.165) is 16.8 Å². The maximum atomic E-state index is 11.9. The van der Waals surface area contributed by atoms with Crippen LogP contribution in [0.5, 0.6) is 0 Å². The van der Waals surface area contributed by atoms with E-state index in [4.69, 9.17) is 0 Å². The molecule has 4 nitrogen and oxygen atoms in total. The average Bonchev–Trinajstić information content (AvgIpc) is 2.47. The molecule has 20 heavy (non-hydrogen) atoms. The summed E-state index contributed by atoms with van der Waals surface area (Å²) >= 11 is 0. The van der Waals surface area contributed by atoms with Gasteiger partial charge in [-0.05, 0) is 37.2 Å². The standard InChI is InChI=1S/C15H18N2O2S/c1-12-8-9-14(10-15(12)20(18,19)16-2)17-11-13-6-4-3-5-7-13/h3-10,16-17H,11H2,1-2H3. The topological polar surface area (TPSA) is 58.2 Å². The molecule has 0 radical (unpaired) electrons. The van der Waals surface area contributed by atoms with Gasteiger partial charge in [-0.25, -0.2) is 13.1 Å². The van der Waals surface area contributed by atoms with Gasteiger partial charge in [0.15, 0.2) is 0 Å². The molecule has 0 aliphatic heterocycles. The molecule has 0 aliphatic carbocycles. The molecule has 5 heteroatoms. The summed E-state index contributed by atoms with van der Waals surface area (Å²) in [6, 6.07) is 15.3. The van der Waals surface area contributed by atoms with Crippen LogP contribution in [0.4, 0.5) is 5.69 Å². The predicted octanol–water partition coefficient (Wildman–Crippen LogP) is 2.52. The van der Waals surface area contributed by atoms with Crippen LogP contribution in [0.3, 0.4) is 0 Å². The van der Waals surface area contributed by atoms with Gasteiger partial charge in [-0.2, -0.15) is 0 Å². The van der Waals surface area contributed by atoms with Crippen molar-refractivity contribution in [2.75, 3.05) is 12.4 Å². The predicted molar refractivity (Wildman–Crippen MR) is 81.2 cm³/mol. The Hall–Kier alpha value is -1.85. The van der Waals surface area contributed by atoms with Crippen molar-refractivity contribution in [2.45, 2.75) is 18.4 Å². The van der Waals surface area contributed by atoms with Crippen molar-refractivity contribution < 1.29 is 8.42 Å². The Morgan fingerprint density at radius 1 is 1.05 bits per heavy atom. The highest BCUT2D eigenvalue weighted by Gasteiger charge is 2.14. The first-order chi connectivity index (χ1) is 9.53. The lowest BCUT2D eigenvalue weighted by Crippen LogP contribution is -2.19. The molecule has 0 aromatic heterocycles. The molecule has 2 N–H and O–H groups in total. The number of nitrogens with one attached hydrogen (secondary N) is 2. The van der Waals surface area contributed by atoms with E-state index in [-0.39, 0.29) is 0 Å². The van der Waals surface area contributed by atoms with Crippen LogP contribution >= 0.6 is 0 Å². The van der Waals surface area contributed by atoms with Gasteiger partial charge in [0.25, 0.3) is 0 Å². The fraction of sp³-hybridized carbons (Fsp3) is 0.200. The van der Waals surface area contributed by atoms with Crippen molar-refractivity contribution in [1.82, 2.24) is 4.72 Å². The summed E-state index contributed by atoms with van der Waals surface area (Å²) in [6.07, 6.45) is 0. The first-order valence-electron chi connectivity index (χ1n) is 6.35. The number of hydrogen-bond donors (Lipinski definition) is 2. The Morgan fingerprint density at radius 3 is 2.40 bits per heavy atom. The van der Waals surface area contributed by atoms with Crippen LogP contribution < -0.4 is 10.0 Å². The highest BCUT2D eigenvalue weighted by molar-refractivity contribution is 7.89. The van der Waals surface area contributed by atoms with E-state index in [1.165, 1.54) is 7.05 Å². The molecule has 2 aromatic carbocycles. The number of rotatable bonds is 5. The zero-order valence-electron chi connectivity index (χ0n) is 11.6. The molecule has 2 aromatic rings. The van der Waals surface area contributed by atoms with E-state index in [0.29, 0.717) is 11.4 Å². The highest BCUT2D eigenvalue weighted by atomic mass is 32.2. The van der Waals surface area contributed by atoms with Crippen molar-refractivity contribution in [3.8, 4) is 0 Å². The van der Waals surface area contributed by atoms with Crippen molar-refractivity contribution in [3.63, 3.8) is 0 Å². The minimum Gasteiger partial charge on any atom is -0.381 e. The van der Waals surface area contributed by atoms with Gasteiger partial charge in [0.2, 0.25) is 10.0 Å². The van der Waals surface area contributed by atoms with Crippen LogP contribution in [0.2, 0.25) is 0 Å². The lowest BCUT2D eigenvalue weighted by atomic mass is 10.2. The molecule has 2 rings (SSSR count). The summed E-state index contributed by atoms with van der Waals surface area (Å²) in [4.78, 5) is 0.304. The number of sulfonamides is 1. The van der Waals surface area contributed by atoms with Crippen molar-refractivity contribution >= 4 is 15.7 Å². The van der Waals surface area contributed by atoms with E-state index in [1.54, 1.807) is 19.1 Å². The molecular formula is C15H18N2O2S. The zero-order valence-corrected chi connectivity index (χ0v) is 12.4. The second-order valence-corrected chi connectivity index (χ2v) is 6.38. The Morgan fingerprint density at radius 2 is 1.75 bits per heavy atom. The zero-order chi connectivity index (χ0) is 14.6. The molecule has 0 aliphatic rings. The van der Waals surface area contributed by atoms with E-state index in [2.05, 4.69) is 10.0 Å². The van der Waals surface area contributed by atoms with Crippen LogP contribution in [-0.4, -0.2) is 15.5 Å². The second kappa shape index (κ2) is 6.07. The Bertz CT molecular complexity index is 682. The number of hydrogen-bond acceptors (Lipinski definition) is 3. The summed E-state index contributed by atoms with van der Waals surface area (Å²) in [7, 11) is -2.01. The van der Waals surface area contributed by atoms with Crippen LogP contribution in [0, 0.1) is 6.92 Å². The maximum absolute atomic E-state index is 11.9. The van der Waals surface area contributed by atoms with Crippen molar-refractivity contribution in [3.05, 3.63) is 59.7 Å². The van der Waals surface area contributed by atoms with Gasteiger partial charge in [0, 0.05) is 12.2 Å². The monoisotopic (exact) mass is 290 g/mol. The molecule has 0 saturated heterocycles. The maximum Gasteiger partial charge on any atom is 0.240 e. The van der Waals surface area contributed by atoms with Gasteiger partial charge in [0.05, 0.1) is 4.90 Å². The third-order valence-corrected chi connectivity index (χ3v) is 4.64. The molecule has 0 spiro atoms. The Balaban J connectivity index is 2.20. The summed E-state index contributed by atoms with van der Waals surface area (Å²) in [6.45, 7) is 2.44. The summed E-state index contributed by atoms with van der Waals surface area (Å²) in [5.74, 6) is 0. The molecule has 0 fully saturated rings. The number of benzene rings is 2. The second-order valence-electron chi connectivity index (χ2n) is 4.53. The number of aryl methyl sites for hydroxylation is 1. The van der Waals surface area contributed by atoms with Crippen LogP contribution in [0.15, 0.2) is 53.4 Å². The quantitative estimate of drug-likeness (QED) is 0.889. The van der Waals surface area contributed by atoms with E-state index >= 15 is 0 Å². The largest absolute Gasteiger partial charge is 0.381 e. The van der Waals surface area contributed by atoms with Crippen molar-refractivity contribution in [1.29, 1.82) is 0 Å². The van der Waals surface area contributed by atoms with E-state index < -0.39 is 10.0 Å². The Labute approximate surface area is 119 Å². The first-order valence-corrected chi connectivity index (χ1v) is 7.83. The molecule has 0 amide bonds. The van der Waals surface area contributed by atoms with E-state index in [9.17, 15) is 8.42 Å². The van der Waals surface area contributed by atoms with Crippen molar-refractivity contribution in [2.24, 2.45) is 0 Å². The first kappa shape index (κ1) is 14.6. The molecular weight excluding hydrogens is 272 g/mol. The minimum atomic E-state index is -3.42. The molecule has 0 heterocycles.